The Bertz CT molecular complexity index is 1020. The summed E-state index contributed by atoms with van der Waals surface area (Å²) in [6, 6.07) is 26.8. The van der Waals surface area contributed by atoms with Crippen molar-refractivity contribution in [3.63, 3.8) is 0 Å². The first kappa shape index (κ1) is 20.1. The van der Waals surface area contributed by atoms with E-state index in [1.54, 1.807) is 0 Å². The number of hydrogen-bond donors (Lipinski definition) is 0. The minimum Gasteiger partial charge on any atom is -0.342 e. The Morgan fingerprint density at radius 2 is 1.69 bits per heavy atom. The molecule has 0 spiro atoms. The predicted molar refractivity (Wildman–Crippen MR) is 126 cm³/mol. The van der Waals surface area contributed by atoms with E-state index in [0.717, 1.165) is 27.9 Å². The summed E-state index contributed by atoms with van der Waals surface area (Å²) in [4.78, 5) is 2.72. The smallest absolute Gasteiger partial charge is 0.146 e. The summed E-state index contributed by atoms with van der Waals surface area (Å²) < 4.78 is 15.0. The molecule has 1 heterocycles. The van der Waals surface area contributed by atoms with Gasteiger partial charge in [-0.1, -0.05) is 70.0 Å². The monoisotopic (exact) mass is 465 g/mol. The molecular weight excluding hydrogens is 442 g/mol. The van der Waals surface area contributed by atoms with Gasteiger partial charge in [0.25, 0.3) is 0 Å². The molecule has 0 radical (unpaired) electrons. The number of nitrogens with zero attached hydrogens (tertiary/aromatic N) is 1. The van der Waals surface area contributed by atoms with Crippen molar-refractivity contribution in [1.82, 2.24) is 0 Å². The lowest BCUT2D eigenvalue weighted by atomic mass is 10.1. The van der Waals surface area contributed by atoms with Crippen LogP contribution in [0.15, 0.2) is 101 Å². The quantitative estimate of drug-likeness (QED) is 0.282. The number of halogens is 1. The molecule has 4 rings (SSSR count). The Morgan fingerprint density at radius 1 is 1.03 bits per heavy atom. The van der Waals surface area contributed by atoms with Crippen LogP contribution in [-0.2, 0) is 10.8 Å². The molecule has 1 fully saturated rings. The highest BCUT2D eigenvalue weighted by Gasteiger charge is 2.67. The maximum Gasteiger partial charge on any atom is 0.146 e. The van der Waals surface area contributed by atoms with Crippen molar-refractivity contribution in [2.24, 2.45) is 0 Å². The summed E-state index contributed by atoms with van der Waals surface area (Å²) in [6.45, 7) is 5.97. The maximum absolute atomic E-state index is 14.0. The zero-order valence-electron chi connectivity index (χ0n) is 16.4. The molecule has 0 N–H and O–H groups in total. The fraction of sp³-hybridized carbons (Fsp3) is 0.200. The van der Waals surface area contributed by atoms with E-state index >= 15 is 0 Å². The minimum absolute atomic E-state index is 0.0620. The van der Waals surface area contributed by atoms with Crippen LogP contribution in [0.3, 0.4) is 0 Å². The van der Waals surface area contributed by atoms with Crippen LogP contribution >= 0.6 is 15.9 Å². The van der Waals surface area contributed by atoms with E-state index in [9.17, 15) is 4.21 Å². The lowest BCUT2D eigenvalue weighted by molar-refractivity contribution is 0.650. The van der Waals surface area contributed by atoms with Gasteiger partial charge in [-0.15, -0.1) is 6.58 Å². The van der Waals surface area contributed by atoms with Crippen LogP contribution in [0, 0.1) is 6.92 Å². The van der Waals surface area contributed by atoms with Gasteiger partial charge in [0, 0.05) is 15.1 Å². The largest absolute Gasteiger partial charge is 0.342 e. The van der Waals surface area contributed by atoms with Gasteiger partial charge in [0.15, 0.2) is 0 Å². The van der Waals surface area contributed by atoms with Gasteiger partial charge >= 0.3 is 0 Å². The second kappa shape index (κ2) is 8.29. The molecule has 1 aliphatic heterocycles. The van der Waals surface area contributed by atoms with E-state index in [1.165, 1.54) is 11.1 Å². The molecule has 0 aliphatic carbocycles. The molecule has 0 unspecified atom stereocenters. The number of hydrogen-bond acceptors (Lipinski definition) is 2. The average Bonchev–Trinajstić information content (AvgIpc) is 3.43. The van der Waals surface area contributed by atoms with Crippen molar-refractivity contribution in [1.29, 1.82) is 0 Å². The van der Waals surface area contributed by atoms with Gasteiger partial charge in [0.2, 0.25) is 0 Å². The number of rotatable bonds is 7. The zero-order chi connectivity index (χ0) is 20.4. The van der Waals surface area contributed by atoms with Crippen molar-refractivity contribution in [3.8, 4) is 0 Å². The molecule has 0 bridgehead atoms. The van der Waals surface area contributed by atoms with Gasteiger partial charge < -0.3 is 4.90 Å². The predicted octanol–water partition coefficient (Wildman–Crippen LogP) is 6.79. The van der Waals surface area contributed by atoms with Crippen LogP contribution in [-0.4, -0.2) is 9.08 Å². The Balaban J connectivity index is 1.83. The molecule has 1 saturated heterocycles. The summed E-state index contributed by atoms with van der Waals surface area (Å²) in [5.41, 5.74) is 3.46. The zero-order valence-corrected chi connectivity index (χ0v) is 18.8. The molecule has 4 heteroatoms. The topological polar surface area (TPSA) is 20.1 Å². The maximum atomic E-state index is 14.0. The van der Waals surface area contributed by atoms with E-state index < -0.39 is 15.7 Å². The molecule has 3 aromatic rings. The summed E-state index contributed by atoms with van der Waals surface area (Å²) in [5, 5.41) is 0. The third-order valence-corrected chi connectivity index (χ3v) is 8.00. The Labute approximate surface area is 183 Å². The van der Waals surface area contributed by atoms with Gasteiger partial charge in [-0.2, -0.15) is 0 Å². The first-order chi connectivity index (χ1) is 14.1. The molecule has 0 amide bonds. The molecule has 3 aromatic carbocycles. The molecule has 29 heavy (non-hydrogen) atoms. The fourth-order valence-corrected chi connectivity index (χ4v) is 6.18. The molecule has 1 aliphatic rings. The summed E-state index contributed by atoms with van der Waals surface area (Å²) >= 11 is 3.53. The van der Waals surface area contributed by atoms with Crippen molar-refractivity contribution >= 4 is 32.4 Å². The van der Waals surface area contributed by atoms with Crippen molar-refractivity contribution in [3.05, 3.63) is 107 Å². The van der Waals surface area contributed by atoms with E-state index in [0.29, 0.717) is 0 Å². The van der Waals surface area contributed by atoms with E-state index in [-0.39, 0.29) is 6.04 Å². The lowest BCUT2D eigenvalue weighted by Gasteiger charge is -2.18. The first-order valence-corrected chi connectivity index (χ1v) is 11.7. The van der Waals surface area contributed by atoms with Crippen molar-refractivity contribution in [2.45, 2.75) is 35.6 Å². The van der Waals surface area contributed by atoms with E-state index in [2.05, 4.69) is 70.7 Å². The normalized spacial score (nSPS) is 21.6. The highest BCUT2D eigenvalue weighted by atomic mass is 79.9. The van der Waals surface area contributed by atoms with Crippen LogP contribution in [0.1, 0.15) is 30.0 Å². The minimum atomic E-state index is -1.19. The van der Waals surface area contributed by atoms with Crippen LogP contribution in [0.4, 0.5) is 5.69 Å². The van der Waals surface area contributed by atoms with Crippen LogP contribution in [0.2, 0.25) is 0 Å². The van der Waals surface area contributed by atoms with Crippen LogP contribution in [0.5, 0.6) is 0 Å². The highest BCUT2D eigenvalue weighted by molar-refractivity contribution is 9.10. The highest BCUT2D eigenvalue weighted by Crippen LogP contribution is 2.61. The van der Waals surface area contributed by atoms with E-state index in [1.807, 2.05) is 48.5 Å². The molecule has 2 nitrogen and oxygen atoms in total. The number of benzene rings is 3. The van der Waals surface area contributed by atoms with E-state index in [4.69, 9.17) is 0 Å². The Morgan fingerprint density at radius 3 is 2.31 bits per heavy atom. The van der Waals surface area contributed by atoms with Gasteiger partial charge in [0.05, 0.1) is 16.8 Å². The second-order valence-electron chi connectivity index (χ2n) is 7.41. The number of anilines is 1. The van der Waals surface area contributed by atoms with Gasteiger partial charge in [0.1, 0.15) is 4.87 Å². The average molecular weight is 466 g/mol. The molecule has 3 atom stereocenters. The van der Waals surface area contributed by atoms with Crippen LogP contribution in [0.25, 0.3) is 0 Å². The third-order valence-electron chi connectivity index (χ3n) is 5.51. The molecule has 0 aromatic heterocycles. The van der Waals surface area contributed by atoms with Crippen molar-refractivity contribution in [2.75, 3.05) is 4.90 Å². The molecular formula is C25H24BrNOS. The van der Waals surface area contributed by atoms with Gasteiger partial charge in [-0.3, -0.25) is 4.21 Å². The van der Waals surface area contributed by atoms with Gasteiger partial charge in [-0.25, -0.2) is 0 Å². The summed E-state index contributed by atoms with van der Waals surface area (Å²) in [5.74, 6) is 0. The van der Waals surface area contributed by atoms with Crippen LogP contribution < -0.4 is 4.90 Å². The number of aryl methyl sites for hydroxylation is 1. The summed E-state index contributed by atoms with van der Waals surface area (Å²) in [7, 11) is -1.19. The molecule has 0 saturated carbocycles. The standard InChI is InChI=1S/C25H24BrNOS/c1-3-4-18-25(29(28)23-16-10-19(2)11-17-23)24(20-8-6-5-7-9-20)27(25)22-14-12-21(26)13-15-22/h3,5-17,24H,1,4,18H2,2H3/t24-,25-,27?,29-/m1/s1. The third kappa shape index (κ3) is 3.72. The SMILES string of the molecule is C=CCC[C@@]1([S@](=O)c2ccc(C)cc2)[C@@H](c2ccccc2)N1c1ccc(Br)cc1. The number of allylic oxidation sites excluding steroid dienone is 1. The summed E-state index contributed by atoms with van der Waals surface area (Å²) in [6.07, 6.45) is 3.52. The Kier molecular flexibility index (Phi) is 5.75. The molecule has 148 valence electrons. The Hall–Kier alpha value is -2.17. The van der Waals surface area contributed by atoms with Crippen molar-refractivity contribution < 1.29 is 4.21 Å². The first-order valence-electron chi connectivity index (χ1n) is 9.77. The fourth-order valence-electron chi connectivity index (χ4n) is 4.04. The second-order valence-corrected chi connectivity index (χ2v) is 10.0. The lowest BCUT2D eigenvalue weighted by Crippen LogP contribution is -2.25. The van der Waals surface area contributed by atoms with Gasteiger partial charge in [-0.05, 0) is 61.7 Å².